The third-order valence-corrected chi connectivity index (χ3v) is 5.38. The van der Waals surface area contributed by atoms with E-state index in [1.807, 2.05) is 0 Å². The van der Waals surface area contributed by atoms with Crippen LogP contribution in [-0.2, 0) is 9.59 Å². The number of hydrogen-bond acceptors (Lipinski definition) is 3. The van der Waals surface area contributed by atoms with E-state index in [9.17, 15) is 9.59 Å². The monoisotopic (exact) mass is 280 g/mol. The molecule has 5 heteroatoms. The first-order chi connectivity index (χ1) is 9.65. The van der Waals surface area contributed by atoms with Gasteiger partial charge in [0.1, 0.15) is 0 Å². The molecule has 0 radical (unpaired) electrons. The van der Waals surface area contributed by atoms with Gasteiger partial charge in [0.05, 0.1) is 5.92 Å². The molecule has 0 bridgehead atoms. The van der Waals surface area contributed by atoms with Crippen LogP contribution in [0.25, 0.3) is 0 Å². The molecule has 2 saturated heterocycles. The Morgan fingerprint density at radius 2 is 1.65 bits per heavy atom. The zero-order valence-electron chi connectivity index (χ0n) is 11.9. The second kappa shape index (κ2) is 5.72. The van der Waals surface area contributed by atoms with Crippen molar-refractivity contribution in [2.24, 2.45) is 11.8 Å². The van der Waals surface area contributed by atoms with Gasteiger partial charge in [-0.05, 0) is 51.5 Å². The Balaban J connectivity index is 1.49. The zero-order chi connectivity index (χ0) is 14.1. The number of aliphatic carboxylic acids is 1. The Kier molecular flexibility index (Phi) is 3.96. The lowest BCUT2D eigenvalue weighted by molar-refractivity contribution is -0.144. The van der Waals surface area contributed by atoms with E-state index >= 15 is 0 Å². The molecule has 1 amide bonds. The summed E-state index contributed by atoms with van der Waals surface area (Å²) in [4.78, 5) is 25.8. The molecule has 0 aromatic carbocycles. The summed E-state index contributed by atoms with van der Waals surface area (Å²) in [7, 11) is 0. The molecule has 3 fully saturated rings. The average Bonchev–Trinajstić information content (AvgIpc) is 3.04. The van der Waals surface area contributed by atoms with Gasteiger partial charge in [0.2, 0.25) is 5.91 Å². The summed E-state index contributed by atoms with van der Waals surface area (Å²) in [5, 5.41) is 12.2. The number of nitrogens with one attached hydrogen (secondary N) is 1. The molecule has 20 heavy (non-hydrogen) atoms. The second-order valence-electron chi connectivity index (χ2n) is 6.54. The number of carboxylic acids is 1. The highest BCUT2D eigenvalue weighted by Gasteiger charge is 2.39. The maximum absolute atomic E-state index is 12.3. The number of carbonyl (C=O) groups excluding carboxylic acids is 1. The molecule has 0 aromatic rings. The van der Waals surface area contributed by atoms with E-state index in [4.69, 9.17) is 5.11 Å². The molecule has 112 valence electrons. The van der Waals surface area contributed by atoms with Crippen LogP contribution < -0.4 is 5.32 Å². The maximum Gasteiger partial charge on any atom is 0.306 e. The lowest BCUT2D eigenvalue weighted by Gasteiger charge is -2.28. The first kappa shape index (κ1) is 13.9. The first-order valence-corrected chi connectivity index (χ1v) is 7.92. The third-order valence-electron chi connectivity index (χ3n) is 5.38. The van der Waals surface area contributed by atoms with E-state index in [0.29, 0.717) is 24.9 Å². The van der Waals surface area contributed by atoms with E-state index in [1.165, 1.54) is 19.4 Å². The fraction of sp³-hybridized carbons (Fsp3) is 0.867. The van der Waals surface area contributed by atoms with Gasteiger partial charge in [-0.25, -0.2) is 0 Å². The highest BCUT2D eigenvalue weighted by molar-refractivity contribution is 5.79. The van der Waals surface area contributed by atoms with Crippen LogP contribution in [-0.4, -0.2) is 47.1 Å². The van der Waals surface area contributed by atoms with Gasteiger partial charge >= 0.3 is 5.97 Å². The molecule has 1 saturated carbocycles. The van der Waals surface area contributed by atoms with E-state index in [2.05, 4.69) is 10.2 Å². The van der Waals surface area contributed by atoms with Crippen molar-refractivity contribution in [2.45, 2.75) is 57.0 Å². The van der Waals surface area contributed by atoms with Crippen molar-refractivity contribution in [3.8, 4) is 0 Å². The number of fused-ring (bicyclic) bond motifs is 1. The minimum Gasteiger partial charge on any atom is -0.481 e. The minimum absolute atomic E-state index is 0.0288. The topological polar surface area (TPSA) is 69.6 Å². The van der Waals surface area contributed by atoms with Crippen molar-refractivity contribution in [1.82, 2.24) is 10.2 Å². The van der Waals surface area contributed by atoms with Crippen molar-refractivity contribution in [3.05, 3.63) is 0 Å². The molecule has 0 aromatic heterocycles. The summed E-state index contributed by atoms with van der Waals surface area (Å²) in [6, 6.07) is 0.872. The van der Waals surface area contributed by atoms with E-state index < -0.39 is 5.97 Å². The highest BCUT2D eigenvalue weighted by Crippen LogP contribution is 2.31. The van der Waals surface area contributed by atoms with Crippen LogP contribution in [0.5, 0.6) is 0 Å². The average molecular weight is 280 g/mol. The Morgan fingerprint density at radius 3 is 2.35 bits per heavy atom. The minimum atomic E-state index is -0.707. The molecular weight excluding hydrogens is 256 g/mol. The van der Waals surface area contributed by atoms with Crippen LogP contribution in [0.15, 0.2) is 0 Å². The predicted molar refractivity (Wildman–Crippen MR) is 74.2 cm³/mol. The van der Waals surface area contributed by atoms with Gasteiger partial charge in [-0.1, -0.05) is 0 Å². The van der Waals surface area contributed by atoms with Gasteiger partial charge in [0.15, 0.2) is 0 Å². The van der Waals surface area contributed by atoms with Gasteiger partial charge in [0.25, 0.3) is 0 Å². The summed E-state index contributed by atoms with van der Waals surface area (Å²) < 4.78 is 0. The van der Waals surface area contributed by atoms with Crippen LogP contribution in [0.4, 0.5) is 0 Å². The van der Waals surface area contributed by atoms with Crippen molar-refractivity contribution in [1.29, 1.82) is 0 Å². The van der Waals surface area contributed by atoms with E-state index in [1.54, 1.807) is 0 Å². The standard InChI is InChI=1S/C15H24N2O3/c18-14(10-3-5-11(6-4-10)15(19)20)16-12-7-9-17-8-1-2-13(12)17/h10-13H,1-9H2,(H,16,18)(H,19,20). The van der Waals surface area contributed by atoms with Gasteiger partial charge in [-0.3, -0.25) is 14.5 Å². The molecule has 2 aliphatic heterocycles. The highest BCUT2D eigenvalue weighted by atomic mass is 16.4. The molecule has 2 atom stereocenters. The maximum atomic E-state index is 12.3. The fourth-order valence-electron chi connectivity index (χ4n) is 4.15. The first-order valence-electron chi connectivity index (χ1n) is 7.92. The van der Waals surface area contributed by atoms with Crippen LogP contribution >= 0.6 is 0 Å². The number of carbonyl (C=O) groups is 2. The lowest BCUT2D eigenvalue weighted by Crippen LogP contribution is -2.45. The summed E-state index contributed by atoms with van der Waals surface area (Å²) >= 11 is 0. The van der Waals surface area contributed by atoms with Crippen molar-refractivity contribution in [2.75, 3.05) is 13.1 Å². The molecule has 2 N–H and O–H groups in total. The molecule has 3 aliphatic rings. The quantitative estimate of drug-likeness (QED) is 0.816. The van der Waals surface area contributed by atoms with Crippen molar-refractivity contribution >= 4 is 11.9 Å². The van der Waals surface area contributed by atoms with Gasteiger partial charge in [-0.15, -0.1) is 0 Å². The van der Waals surface area contributed by atoms with Crippen LogP contribution in [0, 0.1) is 11.8 Å². The molecule has 0 spiro atoms. The number of rotatable bonds is 3. The Labute approximate surface area is 119 Å². The number of amides is 1. The SMILES string of the molecule is O=C(O)C1CCC(C(=O)NC2CCN3CCCC23)CC1. The van der Waals surface area contributed by atoms with Crippen LogP contribution in [0.2, 0.25) is 0 Å². The molecule has 5 nitrogen and oxygen atoms in total. The Morgan fingerprint density at radius 1 is 0.950 bits per heavy atom. The number of nitrogens with zero attached hydrogens (tertiary/aromatic N) is 1. The fourth-order valence-corrected chi connectivity index (χ4v) is 4.15. The van der Waals surface area contributed by atoms with Gasteiger partial charge in [0, 0.05) is 24.5 Å². The molecule has 2 heterocycles. The second-order valence-corrected chi connectivity index (χ2v) is 6.54. The molecule has 3 rings (SSSR count). The van der Waals surface area contributed by atoms with E-state index in [-0.39, 0.29) is 17.7 Å². The lowest BCUT2D eigenvalue weighted by atomic mass is 9.81. The smallest absolute Gasteiger partial charge is 0.306 e. The largest absolute Gasteiger partial charge is 0.481 e. The zero-order valence-corrected chi connectivity index (χ0v) is 11.9. The van der Waals surface area contributed by atoms with Crippen molar-refractivity contribution in [3.63, 3.8) is 0 Å². The van der Waals surface area contributed by atoms with Crippen molar-refractivity contribution < 1.29 is 14.7 Å². The summed E-state index contributed by atoms with van der Waals surface area (Å²) in [6.45, 7) is 2.29. The molecule has 1 aliphatic carbocycles. The normalized spacial score (nSPS) is 37.6. The molecule has 2 unspecified atom stereocenters. The Hall–Kier alpha value is -1.10. The van der Waals surface area contributed by atoms with Crippen LogP contribution in [0.3, 0.4) is 0 Å². The van der Waals surface area contributed by atoms with Gasteiger partial charge in [-0.2, -0.15) is 0 Å². The third kappa shape index (κ3) is 2.68. The number of carboxylic acid groups (broad SMARTS) is 1. The predicted octanol–water partition coefficient (Wildman–Crippen LogP) is 1.23. The number of hydrogen-bond donors (Lipinski definition) is 2. The summed E-state index contributed by atoms with van der Waals surface area (Å²) in [5.41, 5.74) is 0. The Bertz CT molecular complexity index is 391. The molecular formula is C15H24N2O3. The van der Waals surface area contributed by atoms with Gasteiger partial charge < -0.3 is 10.4 Å². The van der Waals surface area contributed by atoms with Crippen LogP contribution in [0.1, 0.15) is 44.9 Å². The summed E-state index contributed by atoms with van der Waals surface area (Å²) in [6.07, 6.45) is 6.27. The summed E-state index contributed by atoms with van der Waals surface area (Å²) in [5.74, 6) is -0.759. The van der Waals surface area contributed by atoms with E-state index in [0.717, 1.165) is 25.8 Å².